The average Bonchev–Trinajstić information content (AvgIpc) is 2.03. The molecule has 0 aliphatic heterocycles. The van der Waals surface area contributed by atoms with Gasteiger partial charge in [-0.15, -0.1) is 0 Å². The van der Waals surface area contributed by atoms with Crippen molar-refractivity contribution in [2.45, 2.75) is 39.5 Å². The van der Waals surface area contributed by atoms with Gasteiger partial charge >= 0.3 is 11.9 Å². The number of hydrogen-bond donors (Lipinski definition) is 2. The van der Waals surface area contributed by atoms with Crippen LogP contribution in [-0.2, 0) is 9.59 Å². The van der Waals surface area contributed by atoms with Crippen LogP contribution in [0.15, 0.2) is 0 Å². The van der Waals surface area contributed by atoms with Crippen molar-refractivity contribution < 1.29 is 19.8 Å². The van der Waals surface area contributed by atoms with E-state index in [1.165, 1.54) is 0 Å². The van der Waals surface area contributed by atoms with Crippen LogP contribution < -0.4 is 0 Å². The number of carbonyl (C=O) groups is 2. The number of carboxylic acid groups (broad SMARTS) is 2. The molecule has 2 N–H and O–H groups in total. The van der Waals surface area contributed by atoms with Crippen LogP contribution in [0.5, 0.6) is 0 Å². The van der Waals surface area contributed by atoms with Gasteiger partial charge in [0.15, 0.2) is 0 Å². The van der Waals surface area contributed by atoms with Crippen LogP contribution in [0.1, 0.15) is 39.5 Å². The molecule has 0 amide bonds. The fourth-order valence-corrected chi connectivity index (χ4v) is 1.39. The summed E-state index contributed by atoms with van der Waals surface area (Å²) >= 11 is 0. The van der Waals surface area contributed by atoms with Crippen LogP contribution in [0.4, 0.5) is 0 Å². The highest BCUT2D eigenvalue weighted by Crippen LogP contribution is 2.17. The van der Waals surface area contributed by atoms with E-state index in [0.717, 1.165) is 0 Å². The molecule has 2 atom stereocenters. The molecule has 0 radical (unpaired) electrons. The summed E-state index contributed by atoms with van der Waals surface area (Å²) in [7, 11) is 0. The Bertz CT molecular complexity index is 200. The van der Waals surface area contributed by atoms with Crippen molar-refractivity contribution in [3.8, 4) is 0 Å². The maximum absolute atomic E-state index is 10.6. The molecule has 0 aliphatic rings. The summed E-state index contributed by atoms with van der Waals surface area (Å²) in [4.78, 5) is 21.0. The summed E-state index contributed by atoms with van der Waals surface area (Å²) in [5.74, 6) is -1.87. The van der Waals surface area contributed by atoms with Crippen molar-refractivity contribution in [2.24, 2.45) is 11.8 Å². The minimum absolute atomic E-state index is 0.0564. The molecule has 0 rings (SSSR count). The van der Waals surface area contributed by atoms with E-state index in [1.807, 2.05) is 13.8 Å². The standard InChI is InChI=1S/C10H18O4/c1-3-8(10(13)14)5-4-7(2)6-9(11)12/h7-8H,3-6H2,1-2H3,(H,11,12)(H,13,14). The third-order valence-corrected chi connectivity index (χ3v) is 2.37. The van der Waals surface area contributed by atoms with Crippen LogP contribution in [-0.4, -0.2) is 22.2 Å². The molecule has 4 heteroatoms. The first-order valence-corrected chi connectivity index (χ1v) is 4.92. The van der Waals surface area contributed by atoms with Crippen LogP contribution in [0.25, 0.3) is 0 Å². The minimum Gasteiger partial charge on any atom is -0.481 e. The summed E-state index contributed by atoms with van der Waals surface area (Å²) < 4.78 is 0. The lowest BCUT2D eigenvalue weighted by molar-refractivity contribution is -0.142. The Balaban J connectivity index is 3.79. The molecule has 82 valence electrons. The zero-order valence-electron chi connectivity index (χ0n) is 8.69. The van der Waals surface area contributed by atoms with E-state index in [0.29, 0.717) is 19.3 Å². The predicted octanol–water partition coefficient (Wildman–Crippen LogP) is 1.99. The van der Waals surface area contributed by atoms with E-state index >= 15 is 0 Å². The van der Waals surface area contributed by atoms with Gasteiger partial charge in [0.25, 0.3) is 0 Å². The molecular weight excluding hydrogens is 184 g/mol. The largest absolute Gasteiger partial charge is 0.481 e. The first-order chi connectivity index (χ1) is 6.47. The lowest BCUT2D eigenvalue weighted by atomic mass is 9.93. The highest BCUT2D eigenvalue weighted by atomic mass is 16.4. The van der Waals surface area contributed by atoms with Gasteiger partial charge in [0.05, 0.1) is 5.92 Å². The number of aliphatic carboxylic acids is 2. The zero-order valence-corrected chi connectivity index (χ0v) is 8.69. The Morgan fingerprint density at radius 2 is 1.79 bits per heavy atom. The van der Waals surface area contributed by atoms with Gasteiger partial charge in [0, 0.05) is 6.42 Å². The summed E-state index contributed by atoms with van der Waals surface area (Å²) in [5.41, 5.74) is 0. The molecule has 2 unspecified atom stereocenters. The van der Waals surface area contributed by atoms with Crippen molar-refractivity contribution >= 4 is 11.9 Å². The molecule has 14 heavy (non-hydrogen) atoms. The van der Waals surface area contributed by atoms with Crippen molar-refractivity contribution in [3.63, 3.8) is 0 Å². The van der Waals surface area contributed by atoms with Crippen molar-refractivity contribution in [1.82, 2.24) is 0 Å². The fraction of sp³-hybridized carbons (Fsp3) is 0.800. The van der Waals surface area contributed by atoms with Crippen LogP contribution in [0.2, 0.25) is 0 Å². The lowest BCUT2D eigenvalue weighted by Gasteiger charge is -2.12. The summed E-state index contributed by atoms with van der Waals surface area (Å²) in [6, 6.07) is 0. The quantitative estimate of drug-likeness (QED) is 0.662. The molecule has 0 aliphatic carbocycles. The monoisotopic (exact) mass is 202 g/mol. The van der Waals surface area contributed by atoms with E-state index in [-0.39, 0.29) is 18.3 Å². The van der Waals surface area contributed by atoms with Crippen LogP contribution in [0.3, 0.4) is 0 Å². The first-order valence-electron chi connectivity index (χ1n) is 4.92. The van der Waals surface area contributed by atoms with Gasteiger partial charge in [0.2, 0.25) is 0 Å². The zero-order chi connectivity index (χ0) is 11.1. The summed E-state index contributed by atoms with van der Waals surface area (Å²) in [6.07, 6.45) is 1.96. The van der Waals surface area contributed by atoms with Gasteiger partial charge in [-0.05, 0) is 25.2 Å². The summed E-state index contributed by atoms with van der Waals surface area (Å²) in [6.45, 7) is 3.67. The Labute approximate surface area is 83.9 Å². The van der Waals surface area contributed by atoms with Gasteiger partial charge in [-0.1, -0.05) is 13.8 Å². The van der Waals surface area contributed by atoms with E-state index in [4.69, 9.17) is 10.2 Å². The normalized spacial score (nSPS) is 14.7. The molecule has 0 heterocycles. The lowest BCUT2D eigenvalue weighted by Crippen LogP contribution is -2.14. The van der Waals surface area contributed by atoms with Crippen molar-refractivity contribution in [3.05, 3.63) is 0 Å². The van der Waals surface area contributed by atoms with Gasteiger partial charge in [-0.3, -0.25) is 9.59 Å². The number of carboxylic acids is 2. The molecule has 4 nitrogen and oxygen atoms in total. The van der Waals surface area contributed by atoms with Crippen molar-refractivity contribution in [1.29, 1.82) is 0 Å². The first kappa shape index (κ1) is 12.9. The molecule has 0 bridgehead atoms. The fourth-order valence-electron chi connectivity index (χ4n) is 1.39. The Morgan fingerprint density at radius 3 is 2.14 bits per heavy atom. The Morgan fingerprint density at radius 1 is 1.21 bits per heavy atom. The van der Waals surface area contributed by atoms with E-state index < -0.39 is 11.9 Å². The van der Waals surface area contributed by atoms with Crippen molar-refractivity contribution in [2.75, 3.05) is 0 Å². The van der Waals surface area contributed by atoms with Crippen LogP contribution in [0, 0.1) is 11.8 Å². The van der Waals surface area contributed by atoms with E-state index in [2.05, 4.69) is 0 Å². The van der Waals surface area contributed by atoms with E-state index in [1.54, 1.807) is 0 Å². The number of rotatable bonds is 7. The molecule has 0 spiro atoms. The predicted molar refractivity (Wildman–Crippen MR) is 52.1 cm³/mol. The maximum Gasteiger partial charge on any atom is 0.306 e. The SMILES string of the molecule is CCC(CCC(C)CC(=O)O)C(=O)O. The topological polar surface area (TPSA) is 74.6 Å². The third-order valence-electron chi connectivity index (χ3n) is 2.37. The van der Waals surface area contributed by atoms with E-state index in [9.17, 15) is 9.59 Å². The second-order valence-corrected chi connectivity index (χ2v) is 3.72. The Kier molecular flexibility index (Phi) is 5.92. The van der Waals surface area contributed by atoms with Gasteiger partial charge < -0.3 is 10.2 Å². The Hall–Kier alpha value is -1.06. The molecule has 0 saturated carbocycles. The van der Waals surface area contributed by atoms with Crippen LogP contribution >= 0.6 is 0 Å². The van der Waals surface area contributed by atoms with Gasteiger partial charge in [-0.2, -0.15) is 0 Å². The summed E-state index contributed by atoms with van der Waals surface area (Å²) in [5, 5.41) is 17.3. The molecule has 0 fully saturated rings. The van der Waals surface area contributed by atoms with Gasteiger partial charge in [-0.25, -0.2) is 0 Å². The second-order valence-electron chi connectivity index (χ2n) is 3.72. The highest BCUT2D eigenvalue weighted by molar-refractivity contribution is 5.69. The van der Waals surface area contributed by atoms with Gasteiger partial charge in [0.1, 0.15) is 0 Å². The number of hydrogen-bond acceptors (Lipinski definition) is 2. The molecular formula is C10H18O4. The molecule has 0 saturated heterocycles. The smallest absolute Gasteiger partial charge is 0.306 e. The average molecular weight is 202 g/mol. The molecule has 0 aromatic rings. The second kappa shape index (κ2) is 6.40. The third kappa shape index (κ3) is 5.56. The minimum atomic E-state index is -0.819. The highest BCUT2D eigenvalue weighted by Gasteiger charge is 2.16. The molecule has 0 aromatic heterocycles. The maximum atomic E-state index is 10.6. The molecule has 0 aromatic carbocycles.